The van der Waals surface area contributed by atoms with Gasteiger partial charge in [0.15, 0.2) is 0 Å². The Morgan fingerprint density at radius 1 is 1.20 bits per heavy atom. The summed E-state index contributed by atoms with van der Waals surface area (Å²) in [6, 6.07) is 10.1. The van der Waals surface area contributed by atoms with Crippen LogP contribution in [0, 0.1) is 0 Å². The van der Waals surface area contributed by atoms with Crippen LogP contribution in [0.25, 0.3) is 16.6 Å². The number of benzene rings is 1. The summed E-state index contributed by atoms with van der Waals surface area (Å²) in [6.07, 6.45) is 1.42. The second-order valence-electron chi connectivity index (χ2n) is 5.82. The van der Waals surface area contributed by atoms with Crippen LogP contribution in [0.2, 0.25) is 5.02 Å². The Morgan fingerprint density at radius 3 is 2.88 bits per heavy atom. The molecule has 0 aliphatic carbocycles. The highest BCUT2D eigenvalue weighted by Crippen LogP contribution is 2.21. The lowest BCUT2D eigenvalue weighted by atomic mass is 10.1. The molecular weight excluding hydrogens is 342 g/mol. The molecule has 0 amide bonds. The zero-order valence-corrected chi connectivity index (χ0v) is 14.0. The van der Waals surface area contributed by atoms with Crippen molar-refractivity contribution in [3.8, 4) is 0 Å². The topological polar surface area (TPSA) is 95.1 Å². The van der Waals surface area contributed by atoms with E-state index in [9.17, 15) is 9.59 Å². The average molecular weight is 356 g/mol. The zero-order chi connectivity index (χ0) is 17.6. The number of rotatable bonds is 3. The minimum Gasteiger partial charge on any atom is -0.374 e. The molecule has 1 atom stereocenters. The maximum absolute atomic E-state index is 12.4. The Bertz CT molecular complexity index is 1210. The van der Waals surface area contributed by atoms with Crippen LogP contribution in [0.15, 0.2) is 52.3 Å². The average Bonchev–Trinajstić information content (AvgIpc) is 3.06. The van der Waals surface area contributed by atoms with Gasteiger partial charge in [-0.05, 0) is 43.3 Å². The third kappa shape index (κ3) is 2.68. The lowest BCUT2D eigenvalue weighted by Gasteiger charge is -2.15. The number of aromatic amines is 2. The molecule has 0 bridgehead atoms. The first-order valence-electron chi connectivity index (χ1n) is 7.67. The lowest BCUT2D eigenvalue weighted by molar-refractivity contribution is 0.859. The Balaban J connectivity index is 1.75. The summed E-state index contributed by atoms with van der Waals surface area (Å²) in [5.41, 5.74) is 1.77. The maximum Gasteiger partial charge on any atom is 0.280 e. The third-order valence-electron chi connectivity index (χ3n) is 4.14. The Hall–Kier alpha value is -3.06. The molecule has 0 saturated heterocycles. The van der Waals surface area contributed by atoms with Crippen molar-refractivity contribution in [2.45, 2.75) is 13.0 Å². The molecule has 1 aromatic carbocycles. The fourth-order valence-corrected chi connectivity index (χ4v) is 3.03. The van der Waals surface area contributed by atoms with Crippen LogP contribution in [-0.4, -0.2) is 19.6 Å². The van der Waals surface area contributed by atoms with Crippen LogP contribution in [0.5, 0.6) is 0 Å². The monoisotopic (exact) mass is 355 g/mol. The van der Waals surface area contributed by atoms with Crippen molar-refractivity contribution < 1.29 is 0 Å². The Kier molecular flexibility index (Phi) is 3.58. The molecule has 8 heteroatoms. The van der Waals surface area contributed by atoms with Crippen molar-refractivity contribution in [2.24, 2.45) is 0 Å². The number of hydrogen-bond donors (Lipinski definition) is 3. The number of nitrogens with one attached hydrogen (secondary N) is 3. The molecule has 0 fully saturated rings. The van der Waals surface area contributed by atoms with Gasteiger partial charge < -0.3 is 10.3 Å². The molecule has 126 valence electrons. The van der Waals surface area contributed by atoms with Crippen LogP contribution < -0.4 is 16.4 Å². The van der Waals surface area contributed by atoms with E-state index in [0.29, 0.717) is 27.4 Å². The SMILES string of the molecule is C[C@H](Nc1ccc2[nH]ncn2c1=O)c1cc2cc(Cl)ccc2[nH]c1=O. The molecule has 0 spiro atoms. The van der Waals surface area contributed by atoms with Crippen molar-refractivity contribution in [3.05, 3.63) is 74.0 Å². The van der Waals surface area contributed by atoms with E-state index in [0.717, 1.165) is 5.39 Å². The minimum absolute atomic E-state index is 0.209. The van der Waals surface area contributed by atoms with Gasteiger partial charge in [0.05, 0.1) is 6.04 Å². The molecule has 0 radical (unpaired) electrons. The maximum atomic E-state index is 12.4. The van der Waals surface area contributed by atoms with Crippen molar-refractivity contribution in [2.75, 3.05) is 5.32 Å². The highest BCUT2D eigenvalue weighted by molar-refractivity contribution is 6.31. The van der Waals surface area contributed by atoms with Gasteiger partial charge in [-0.15, -0.1) is 0 Å². The van der Waals surface area contributed by atoms with Crippen LogP contribution >= 0.6 is 11.6 Å². The Labute approximate surface area is 146 Å². The van der Waals surface area contributed by atoms with Gasteiger partial charge in [-0.1, -0.05) is 11.6 Å². The summed E-state index contributed by atoms with van der Waals surface area (Å²) >= 11 is 6.03. The van der Waals surface area contributed by atoms with E-state index in [2.05, 4.69) is 20.5 Å². The number of halogens is 1. The highest BCUT2D eigenvalue weighted by atomic mass is 35.5. The van der Waals surface area contributed by atoms with E-state index in [1.165, 1.54) is 10.7 Å². The van der Waals surface area contributed by atoms with E-state index in [1.54, 1.807) is 36.4 Å². The molecule has 4 aromatic rings. The molecule has 3 aromatic heterocycles. The molecule has 0 aliphatic heterocycles. The quantitative estimate of drug-likeness (QED) is 0.526. The minimum atomic E-state index is -0.371. The van der Waals surface area contributed by atoms with Crippen molar-refractivity contribution in [1.29, 1.82) is 0 Å². The summed E-state index contributed by atoms with van der Waals surface area (Å²) in [6.45, 7) is 1.82. The predicted octanol–water partition coefficient (Wildman–Crippen LogP) is 2.69. The Morgan fingerprint density at radius 2 is 2.04 bits per heavy atom. The van der Waals surface area contributed by atoms with Gasteiger partial charge >= 0.3 is 0 Å². The van der Waals surface area contributed by atoms with Gasteiger partial charge in [0, 0.05) is 21.5 Å². The van der Waals surface area contributed by atoms with Gasteiger partial charge in [-0.2, -0.15) is 5.10 Å². The van der Waals surface area contributed by atoms with Crippen molar-refractivity contribution in [1.82, 2.24) is 19.6 Å². The molecule has 25 heavy (non-hydrogen) atoms. The second kappa shape index (κ2) is 5.78. The van der Waals surface area contributed by atoms with E-state index in [1.807, 2.05) is 6.92 Å². The molecule has 3 N–H and O–H groups in total. The van der Waals surface area contributed by atoms with Crippen molar-refractivity contribution >= 4 is 33.8 Å². The van der Waals surface area contributed by atoms with Gasteiger partial charge in [0.2, 0.25) is 0 Å². The molecule has 3 heterocycles. The van der Waals surface area contributed by atoms with E-state index >= 15 is 0 Å². The molecule has 7 nitrogen and oxygen atoms in total. The fraction of sp³-hybridized carbons (Fsp3) is 0.118. The number of hydrogen-bond acceptors (Lipinski definition) is 4. The predicted molar refractivity (Wildman–Crippen MR) is 97.4 cm³/mol. The number of nitrogens with zero attached hydrogens (tertiary/aromatic N) is 2. The third-order valence-corrected chi connectivity index (χ3v) is 4.38. The van der Waals surface area contributed by atoms with Crippen molar-refractivity contribution in [3.63, 3.8) is 0 Å². The first-order valence-corrected chi connectivity index (χ1v) is 8.04. The molecule has 4 rings (SSSR count). The first-order chi connectivity index (χ1) is 12.0. The van der Waals surface area contributed by atoms with E-state index in [4.69, 9.17) is 11.6 Å². The number of H-pyrrole nitrogens is 2. The van der Waals surface area contributed by atoms with Crippen LogP contribution in [0.3, 0.4) is 0 Å². The fourth-order valence-electron chi connectivity index (χ4n) is 2.85. The lowest BCUT2D eigenvalue weighted by Crippen LogP contribution is -2.23. The summed E-state index contributed by atoms with van der Waals surface area (Å²) in [5.74, 6) is 0. The summed E-state index contributed by atoms with van der Waals surface area (Å²) in [7, 11) is 0. The highest BCUT2D eigenvalue weighted by Gasteiger charge is 2.14. The standard InChI is InChI=1S/C17H14ClN5O2/c1-9(20-14-4-5-15-22-19-8-23(15)17(14)25)12-7-10-6-11(18)2-3-13(10)21-16(12)24/h2-9,20,22H,1H3,(H,21,24)/t9-/m0/s1. The number of pyridine rings is 2. The largest absolute Gasteiger partial charge is 0.374 e. The normalized spacial score (nSPS) is 12.6. The molecule has 0 unspecified atom stereocenters. The van der Waals surface area contributed by atoms with Gasteiger partial charge in [-0.3, -0.25) is 14.7 Å². The number of aromatic nitrogens is 4. The zero-order valence-electron chi connectivity index (χ0n) is 13.2. The summed E-state index contributed by atoms with van der Waals surface area (Å²) in [5, 5.41) is 11.1. The summed E-state index contributed by atoms with van der Waals surface area (Å²) < 4.78 is 1.40. The molecular formula is C17H14ClN5O2. The van der Waals surface area contributed by atoms with Crippen LogP contribution in [0.1, 0.15) is 18.5 Å². The van der Waals surface area contributed by atoms with Gasteiger partial charge in [0.25, 0.3) is 11.1 Å². The van der Waals surface area contributed by atoms with Gasteiger partial charge in [0.1, 0.15) is 17.7 Å². The van der Waals surface area contributed by atoms with E-state index in [-0.39, 0.29) is 17.2 Å². The van der Waals surface area contributed by atoms with Crippen LogP contribution in [-0.2, 0) is 0 Å². The van der Waals surface area contributed by atoms with Crippen LogP contribution in [0.4, 0.5) is 5.69 Å². The van der Waals surface area contributed by atoms with E-state index < -0.39 is 0 Å². The van der Waals surface area contributed by atoms with Gasteiger partial charge in [-0.25, -0.2) is 4.40 Å². The molecule has 0 aliphatic rings. The second-order valence-corrected chi connectivity index (χ2v) is 6.25. The number of anilines is 1. The summed E-state index contributed by atoms with van der Waals surface area (Å²) in [4.78, 5) is 27.7. The molecule has 0 saturated carbocycles. The number of fused-ring (bicyclic) bond motifs is 2. The smallest absolute Gasteiger partial charge is 0.280 e. The first kappa shape index (κ1) is 15.5.